The van der Waals surface area contributed by atoms with Crippen LogP contribution in [-0.2, 0) is 4.79 Å². The Hall–Kier alpha value is -1.42. The molecular formula is C16H23FN2O. The second kappa shape index (κ2) is 8.00. The van der Waals surface area contributed by atoms with E-state index >= 15 is 0 Å². The fourth-order valence-electron chi connectivity index (χ4n) is 2.72. The number of carbonyl (C=O) groups is 1. The van der Waals surface area contributed by atoms with E-state index in [4.69, 9.17) is 0 Å². The lowest BCUT2D eigenvalue weighted by molar-refractivity contribution is -0.115. The second-order valence-electron chi connectivity index (χ2n) is 5.52. The Morgan fingerprint density at radius 2 is 1.85 bits per heavy atom. The average molecular weight is 278 g/mol. The monoisotopic (exact) mass is 278 g/mol. The van der Waals surface area contributed by atoms with Crippen molar-refractivity contribution < 1.29 is 9.18 Å². The van der Waals surface area contributed by atoms with Crippen molar-refractivity contribution in [1.82, 2.24) is 5.32 Å². The molecule has 1 fully saturated rings. The van der Waals surface area contributed by atoms with Crippen LogP contribution in [0.2, 0.25) is 0 Å². The van der Waals surface area contributed by atoms with E-state index < -0.39 is 0 Å². The van der Waals surface area contributed by atoms with Gasteiger partial charge in [0.15, 0.2) is 0 Å². The molecule has 0 unspecified atom stereocenters. The molecule has 20 heavy (non-hydrogen) atoms. The fraction of sp³-hybridized carbons (Fsp3) is 0.562. The summed E-state index contributed by atoms with van der Waals surface area (Å²) in [5, 5.41) is 5.92. The topological polar surface area (TPSA) is 41.1 Å². The molecule has 1 aromatic carbocycles. The first-order chi connectivity index (χ1) is 9.74. The summed E-state index contributed by atoms with van der Waals surface area (Å²) in [6, 6.07) is 5.81. The van der Waals surface area contributed by atoms with Crippen molar-refractivity contribution >= 4 is 11.6 Å². The van der Waals surface area contributed by atoms with Crippen LogP contribution in [0.1, 0.15) is 38.5 Å². The summed E-state index contributed by atoms with van der Waals surface area (Å²) < 4.78 is 12.7. The summed E-state index contributed by atoms with van der Waals surface area (Å²) in [7, 11) is 0. The lowest BCUT2D eigenvalue weighted by atomic mass is 9.87. The summed E-state index contributed by atoms with van der Waals surface area (Å²) in [6.45, 7) is 1.20. The van der Waals surface area contributed by atoms with Crippen LogP contribution >= 0.6 is 0 Å². The summed E-state index contributed by atoms with van der Waals surface area (Å²) in [4.78, 5) is 11.7. The first kappa shape index (κ1) is 15.0. The summed E-state index contributed by atoms with van der Waals surface area (Å²) in [6.07, 6.45) is 7.92. The quantitative estimate of drug-likeness (QED) is 0.784. The number of amides is 1. The number of benzene rings is 1. The number of carbonyl (C=O) groups excluding carboxylic acids is 1. The van der Waals surface area contributed by atoms with Gasteiger partial charge in [0.1, 0.15) is 5.82 Å². The Labute approximate surface area is 120 Å². The predicted octanol–water partition coefficient (Wildman–Crippen LogP) is 3.32. The van der Waals surface area contributed by atoms with E-state index in [0.717, 1.165) is 18.9 Å². The molecule has 0 heterocycles. The van der Waals surface area contributed by atoms with Crippen LogP contribution in [0.15, 0.2) is 24.3 Å². The van der Waals surface area contributed by atoms with Crippen LogP contribution in [-0.4, -0.2) is 19.0 Å². The highest BCUT2D eigenvalue weighted by Gasteiger charge is 2.12. The SMILES string of the molecule is O=C(CNCCC1CCCCC1)Nc1ccc(F)cc1. The van der Waals surface area contributed by atoms with Gasteiger partial charge >= 0.3 is 0 Å². The lowest BCUT2D eigenvalue weighted by Crippen LogP contribution is -2.29. The van der Waals surface area contributed by atoms with Gasteiger partial charge in [-0.1, -0.05) is 32.1 Å². The Morgan fingerprint density at radius 1 is 1.15 bits per heavy atom. The number of nitrogens with one attached hydrogen (secondary N) is 2. The van der Waals surface area contributed by atoms with Crippen molar-refractivity contribution in [2.75, 3.05) is 18.4 Å². The average Bonchev–Trinajstić information content (AvgIpc) is 2.47. The van der Waals surface area contributed by atoms with Gasteiger partial charge in [0.2, 0.25) is 5.91 Å². The van der Waals surface area contributed by atoms with Crippen LogP contribution < -0.4 is 10.6 Å². The van der Waals surface area contributed by atoms with Crippen LogP contribution in [0.25, 0.3) is 0 Å². The second-order valence-corrected chi connectivity index (χ2v) is 5.52. The van der Waals surface area contributed by atoms with Crippen molar-refractivity contribution in [2.45, 2.75) is 38.5 Å². The molecular weight excluding hydrogens is 255 g/mol. The van der Waals surface area contributed by atoms with Crippen molar-refractivity contribution in [1.29, 1.82) is 0 Å². The number of hydrogen-bond acceptors (Lipinski definition) is 2. The highest BCUT2D eigenvalue weighted by molar-refractivity contribution is 5.92. The smallest absolute Gasteiger partial charge is 0.238 e. The molecule has 0 atom stereocenters. The Bertz CT molecular complexity index is 413. The van der Waals surface area contributed by atoms with Gasteiger partial charge in [-0.15, -0.1) is 0 Å². The maximum absolute atomic E-state index is 12.7. The Morgan fingerprint density at radius 3 is 2.55 bits per heavy atom. The van der Waals surface area contributed by atoms with E-state index in [1.165, 1.54) is 44.2 Å². The van der Waals surface area contributed by atoms with E-state index in [9.17, 15) is 9.18 Å². The molecule has 110 valence electrons. The maximum atomic E-state index is 12.7. The van der Waals surface area contributed by atoms with Crippen molar-refractivity contribution in [3.8, 4) is 0 Å². The highest BCUT2D eigenvalue weighted by atomic mass is 19.1. The van der Waals surface area contributed by atoms with Crippen LogP contribution in [0.5, 0.6) is 0 Å². The van der Waals surface area contributed by atoms with Gasteiger partial charge in [-0.25, -0.2) is 4.39 Å². The molecule has 1 aliphatic carbocycles. The molecule has 1 aromatic rings. The molecule has 0 bridgehead atoms. The van der Waals surface area contributed by atoms with Gasteiger partial charge in [-0.2, -0.15) is 0 Å². The molecule has 0 saturated heterocycles. The molecule has 0 radical (unpaired) electrons. The zero-order valence-electron chi connectivity index (χ0n) is 11.8. The molecule has 3 nitrogen and oxygen atoms in total. The maximum Gasteiger partial charge on any atom is 0.238 e. The first-order valence-electron chi connectivity index (χ1n) is 7.50. The molecule has 0 aliphatic heterocycles. The molecule has 4 heteroatoms. The predicted molar refractivity (Wildman–Crippen MR) is 79.1 cm³/mol. The van der Waals surface area contributed by atoms with Gasteiger partial charge in [-0.3, -0.25) is 4.79 Å². The van der Waals surface area contributed by atoms with Gasteiger partial charge < -0.3 is 10.6 Å². The fourth-order valence-corrected chi connectivity index (χ4v) is 2.72. The molecule has 1 saturated carbocycles. The molecule has 2 rings (SSSR count). The van der Waals surface area contributed by atoms with E-state index in [1.807, 2.05) is 0 Å². The molecule has 1 amide bonds. The number of anilines is 1. The molecule has 0 aromatic heterocycles. The number of rotatable bonds is 6. The zero-order chi connectivity index (χ0) is 14.2. The van der Waals surface area contributed by atoms with Crippen LogP contribution in [0, 0.1) is 11.7 Å². The third kappa shape index (κ3) is 5.29. The van der Waals surface area contributed by atoms with Gasteiger partial charge in [-0.05, 0) is 43.1 Å². The van der Waals surface area contributed by atoms with Crippen LogP contribution in [0.3, 0.4) is 0 Å². The van der Waals surface area contributed by atoms with Crippen molar-refractivity contribution in [2.24, 2.45) is 5.92 Å². The third-order valence-electron chi connectivity index (χ3n) is 3.87. The molecule has 2 N–H and O–H groups in total. The largest absolute Gasteiger partial charge is 0.325 e. The van der Waals surface area contributed by atoms with Crippen LogP contribution in [0.4, 0.5) is 10.1 Å². The van der Waals surface area contributed by atoms with Gasteiger partial charge in [0.25, 0.3) is 0 Å². The molecule has 1 aliphatic rings. The summed E-state index contributed by atoms with van der Waals surface area (Å²) >= 11 is 0. The minimum atomic E-state index is -0.298. The van der Waals surface area contributed by atoms with Gasteiger partial charge in [0, 0.05) is 5.69 Å². The summed E-state index contributed by atoms with van der Waals surface area (Å²) in [5.41, 5.74) is 0.630. The lowest BCUT2D eigenvalue weighted by Gasteiger charge is -2.21. The first-order valence-corrected chi connectivity index (χ1v) is 7.50. The van der Waals surface area contributed by atoms with E-state index in [0.29, 0.717) is 12.2 Å². The summed E-state index contributed by atoms with van der Waals surface area (Å²) in [5.74, 6) is 0.449. The third-order valence-corrected chi connectivity index (χ3v) is 3.87. The van der Waals surface area contributed by atoms with E-state index in [-0.39, 0.29) is 11.7 Å². The normalized spacial score (nSPS) is 16.1. The van der Waals surface area contributed by atoms with E-state index in [2.05, 4.69) is 10.6 Å². The van der Waals surface area contributed by atoms with Gasteiger partial charge in [0.05, 0.1) is 6.54 Å². The van der Waals surface area contributed by atoms with Crippen molar-refractivity contribution in [3.63, 3.8) is 0 Å². The van der Waals surface area contributed by atoms with Crippen molar-refractivity contribution in [3.05, 3.63) is 30.1 Å². The highest BCUT2D eigenvalue weighted by Crippen LogP contribution is 2.25. The molecule has 0 spiro atoms. The Balaban J connectivity index is 1.59. The number of hydrogen-bond donors (Lipinski definition) is 2. The van der Waals surface area contributed by atoms with E-state index in [1.54, 1.807) is 12.1 Å². The number of halogens is 1. The standard InChI is InChI=1S/C16H23FN2O/c17-14-6-8-15(9-7-14)19-16(20)12-18-11-10-13-4-2-1-3-5-13/h6-9,13,18H,1-5,10-12H2,(H,19,20). The zero-order valence-corrected chi connectivity index (χ0v) is 11.8. The minimum absolute atomic E-state index is 0.0831. The Kier molecular flexibility index (Phi) is 5.99. The minimum Gasteiger partial charge on any atom is -0.325 e.